The van der Waals surface area contributed by atoms with Crippen LogP contribution in [0.1, 0.15) is 30.0 Å². The number of ether oxygens (including phenoxy) is 1. The van der Waals surface area contributed by atoms with E-state index in [0.29, 0.717) is 12.4 Å². The standard InChI is InChI=1S/C17H16ClF3N2O/c1-24-13-6-4-11(5-7-13)15-3-2-8-23(15)16-14(18)9-12(10-22-16)17(19,20)21/h4-7,9-10,15H,2-3,8H2,1H3. The predicted molar refractivity (Wildman–Crippen MR) is 86.6 cm³/mol. The van der Waals surface area contributed by atoms with Crippen molar-refractivity contribution in [3.05, 3.63) is 52.7 Å². The number of nitrogens with zero attached hydrogens (tertiary/aromatic N) is 2. The number of hydrogen-bond acceptors (Lipinski definition) is 3. The van der Waals surface area contributed by atoms with E-state index in [1.807, 2.05) is 29.2 Å². The van der Waals surface area contributed by atoms with Gasteiger partial charge in [-0.15, -0.1) is 0 Å². The molecule has 0 bridgehead atoms. The fraction of sp³-hybridized carbons (Fsp3) is 0.353. The number of benzene rings is 1. The van der Waals surface area contributed by atoms with Gasteiger partial charge in [0, 0.05) is 12.7 Å². The number of anilines is 1. The lowest BCUT2D eigenvalue weighted by Gasteiger charge is -2.27. The van der Waals surface area contributed by atoms with Gasteiger partial charge in [-0.3, -0.25) is 0 Å². The minimum Gasteiger partial charge on any atom is -0.497 e. The summed E-state index contributed by atoms with van der Waals surface area (Å²) in [4.78, 5) is 5.95. The number of pyridine rings is 1. The summed E-state index contributed by atoms with van der Waals surface area (Å²) >= 11 is 6.09. The summed E-state index contributed by atoms with van der Waals surface area (Å²) in [6, 6.07) is 8.63. The van der Waals surface area contributed by atoms with Crippen LogP contribution in [-0.4, -0.2) is 18.6 Å². The highest BCUT2D eigenvalue weighted by Crippen LogP contribution is 2.40. The van der Waals surface area contributed by atoms with Crippen LogP contribution in [0.4, 0.5) is 19.0 Å². The summed E-state index contributed by atoms with van der Waals surface area (Å²) in [6.45, 7) is 0.703. The Morgan fingerprint density at radius 2 is 1.96 bits per heavy atom. The van der Waals surface area contributed by atoms with Crippen molar-refractivity contribution in [3.63, 3.8) is 0 Å². The Bertz CT molecular complexity index is 719. The van der Waals surface area contributed by atoms with Crippen LogP contribution < -0.4 is 9.64 Å². The van der Waals surface area contributed by atoms with Crippen molar-refractivity contribution in [2.24, 2.45) is 0 Å². The van der Waals surface area contributed by atoms with Gasteiger partial charge in [0.25, 0.3) is 0 Å². The first-order valence-electron chi connectivity index (χ1n) is 7.53. The van der Waals surface area contributed by atoms with E-state index >= 15 is 0 Å². The zero-order valence-electron chi connectivity index (χ0n) is 13.0. The Kier molecular flexibility index (Phi) is 4.58. The SMILES string of the molecule is COc1ccc(C2CCCN2c2ncc(C(F)(F)F)cc2Cl)cc1. The molecular weight excluding hydrogens is 341 g/mol. The smallest absolute Gasteiger partial charge is 0.417 e. The molecule has 7 heteroatoms. The molecule has 0 aliphatic carbocycles. The van der Waals surface area contributed by atoms with Gasteiger partial charge < -0.3 is 9.64 Å². The van der Waals surface area contributed by atoms with Gasteiger partial charge in [-0.25, -0.2) is 4.98 Å². The van der Waals surface area contributed by atoms with Crippen LogP contribution in [0.25, 0.3) is 0 Å². The Morgan fingerprint density at radius 3 is 2.54 bits per heavy atom. The van der Waals surface area contributed by atoms with Crippen molar-refractivity contribution in [1.29, 1.82) is 0 Å². The molecule has 0 radical (unpaired) electrons. The Morgan fingerprint density at radius 1 is 1.25 bits per heavy atom. The molecule has 2 heterocycles. The summed E-state index contributed by atoms with van der Waals surface area (Å²) in [6.07, 6.45) is -1.79. The Balaban J connectivity index is 1.90. The summed E-state index contributed by atoms with van der Waals surface area (Å²) in [5.74, 6) is 1.15. The number of halogens is 4. The molecule has 24 heavy (non-hydrogen) atoms. The normalized spacial score (nSPS) is 18.0. The molecule has 1 saturated heterocycles. The van der Waals surface area contributed by atoms with Crippen LogP contribution in [0, 0.1) is 0 Å². The first-order valence-corrected chi connectivity index (χ1v) is 7.91. The number of methoxy groups -OCH3 is 1. The maximum Gasteiger partial charge on any atom is 0.417 e. The van der Waals surface area contributed by atoms with E-state index in [1.165, 1.54) is 0 Å². The van der Waals surface area contributed by atoms with Crippen LogP contribution in [-0.2, 0) is 6.18 Å². The lowest BCUT2D eigenvalue weighted by atomic mass is 10.0. The van der Waals surface area contributed by atoms with E-state index in [1.54, 1.807) is 7.11 Å². The van der Waals surface area contributed by atoms with Gasteiger partial charge in [-0.1, -0.05) is 23.7 Å². The molecular formula is C17H16ClF3N2O. The molecule has 3 rings (SSSR count). The molecule has 0 amide bonds. The molecule has 3 nitrogen and oxygen atoms in total. The summed E-state index contributed by atoms with van der Waals surface area (Å²) < 4.78 is 43.5. The van der Waals surface area contributed by atoms with Crippen molar-refractivity contribution in [2.75, 3.05) is 18.6 Å². The van der Waals surface area contributed by atoms with Gasteiger partial charge in [-0.2, -0.15) is 13.2 Å². The molecule has 1 aliphatic heterocycles. The van der Waals surface area contributed by atoms with Crippen LogP contribution in [0.3, 0.4) is 0 Å². The van der Waals surface area contributed by atoms with Crippen LogP contribution >= 0.6 is 11.6 Å². The zero-order valence-corrected chi connectivity index (χ0v) is 13.7. The fourth-order valence-corrected chi connectivity index (χ4v) is 3.26. The summed E-state index contributed by atoms with van der Waals surface area (Å²) in [7, 11) is 1.60. The highest BCUT2D eigenvalue weighted by Gasteiger charge is 2.34. The predicted octanol–water partition coefficient (Wildman–Crippen LogP) is 5.10. The van der Waals surface area contributed by atoms with Gasteiger partial charge in [0.15, 0.2) is 0 Å². The monoisotopic (exact) mass is 356 g/mol. The van der Waals surface area contributed by atoms with Gasteiger partial charge in [0.2, 0.25) is 0 Å². The van der Waals surface area contributed by atoms with Crippen molar-refractivity contribution in [2.45, 2.75) is 25.1 Å². The van der Waals surface area contributed by atoms with E-state index in [4.69, 9.17) is 16.3 Å². The van der Waals surface area contributed by atoms with E-state index in [9.17, 15) is 13.2 Å². The fourth-order valence-electron chi connectivity index (χ4n) is 2.99. The maximum absolute atomic E-state index is 12.8. The van der Waals surface area contributed by atoms with Crippen LogP contribution in [0.5, 0.6) is 5.75 Å². The number of aromatic nitrogens is 1. The highest BCUT2D eigenvalue weighted by atomic mass is 35.5. The van der Waals surface area contributed by atoms with Gasteiger partial charge in [0.05, 0.1) is 23.7 Å². The van der Waals surface area contributed by atoms with E-state index < -0.39 is 11.7 Å². The van der Waals surface area contributed by atoms with Crippen molar-refractivity contribution in [3.8, 4) is 5.75 Å². The second kappa shape index (κ2) is 6.51. The Hall–Kier alpha value is -1.95. The number of hydrogen-bond donors (Lipinski definition) is 0. The molecule has 1 atom stereocenters. The lowest BCUT2D eigenvalue weighted by molar-refractivity contribution is -0.137. The molecule has 0 spiro atoms. The minimum atomic E-state index is -4.45. The van der Waals surface area contributed by atoms with Gasteiger partial charge >= 0.3 is 6.18 Å². The topological polar surface area (TPSA) is 25.4 Å². The molecule has 1 aliphatic rings. The third-order valence-corrected chi connectivity index (χ3v) is 4.45. The lowest BCUT2D eigenvalue weighted by Crippen LogP contribution is -2.24. The molecule has 128 valence electrons. The first-order chi connectivity index (χ1) is 11.4. The van der Waals surface area contributed by atoms with E-state index in [0.717, 1.165) is 36.4 Å². The van der Waals surface area contributed by atoms with Crippen molar-refractivity contribution >= 4 is 17.4 Å². The molecule has 1 aromatic heterocycles. The molecule has 1 aromatic carbocycles. The van der Waals surface area contributed by atoms with Crippen LogP contribution in [0.2, 0.25) is 5.02 Å². The average Bonchev–Trinajstić information content (AvgIpc) is 3.03. The molecule has 0 N–H and O–H groups in total. The first kappa shape index (κ1) is 16.9. The minimum absolute atomic E-state index is 0.0187. The highest BCUT2D eigenvalue weighted by molar-refractivity contribution is 6.33. The van der Waals surface area contributed by atoms with Crippen LogP contribution in [0.15, 0.2) is 36.5 Å². The average molecular weight is 357 g/mol. The summed E-state index contributed by atoms with van der Waals surface area (Å²) in [5.41, 5.74) is 0.225. The van der Waals surface area contributed by atoms with Crippen molar-refractivity contribution < 1.29 is 17.9 Å². The van der Waals surface area contributed by atoms with Gasteiger partial charge in [0.1, 0.15) is 11.6 Å². The third kappa shape index (κ3) is 3.29. The largest absolute Gasteiger partial charge is 0.497 e. The second-order valence-corrected chi connectivity index (χ2v) is 6.06. The quantitative estimate of drug-likeness (QED) is 0.764. The van der Waals surface area contributed by atoms with E-state index in [-0.39, 0.29) is 11.1 Å². The number of rotatable bonds is 3. The Labute approximate surface area is 143 Å². The second-order valence-electron chi connectivity index (χ2n) is 5.65. The maximum atomic E-state index is 12.8. The molecule has 2 aromatic rings. The number of alkyl halides is 3. The molecule has 1 unspecified atom stereocenters. The molecule has 0 saturated carbocycles. The van der Waals surface area contributed by atoms with Crippen molar-refractivity contribution in [1.82, 2.24) is 4.98 Å². The summed E-state index contributed by atoms with van der Waals surface area (Å²) in [5, 5.41) is 0.0187. The zero-order chi connectivity index (χ0) is 17.3. The van der Waals surface area contributed by atoms with E-state index in [2.05, 4.69) is 4.98 Å². The molecule has 1 fully saturated rings. The third-order valence-electron chi connectivity index (χ3n) is 4.17. The van der Waals surface area contributed by atoms with Gasteiger partial charge in [-0.05, 0) is 36.6 Å².